The third kappa shape index (κ3) is 4.85. The maximum atomic E-state index is 12.9. The van der Waals surface area contributed by atoms with Crippen molar-refractivity contribution in [1.82, 2.24) is 5.32 Å². The number of para-hydroxylation sites is 1. The zero-order valence-electron chi connectivity index (χ0n) is 16.9. The van der Waals surface area contributed by atoms with Gasteiger partial charge in [-0.3, -0.25) is 9.10 Å². The smallest absolute Gasteiger partial charge is 0.241 e. The SMILES string of the molecule is Cc1c(Cl)cccc1N(CC(=O)N[C@H]1CC(C)(C)Oc2ccccc21)S(C)(=O)=O. The van der Waals surface area contributed by atoms with Gasteiger partial charge in [-0.05, 0) is 44.5 Å². The lowest BCUT2D eigenvalue weighted by Gasteiger charge is -2.38. The molecule has 0 saturated carbocycles. The van der Waals surface area contributed by atoms with E-state index in [9.17, 15) is 13.2 Å². The summed E-state index contributed by atoms with van der Waals surface area (Å²) in [6.07, 6.45) is 1.65. The molecule has 0 saturated heterocycles. The summed E-state index contributed by atoms with van der Waals surface area (Å²) < 4.78 is 31.9. The molecule has 0 radical (unpaired) electrons. The Morgan fingerprint density at radius 1 is 1.24 bits per heavy atom. The van der Waals surface area contributed by atoms with Gasteiger partial charge >= 0.3 is 0 Å². The van der Waals surface area contributed by atoms with E-state index in [1.165, 1.54) is 0 Å². The number of amides is 1. The highest BCUT2D eigenvalue weighted by Crippen LogP contribution is 2.39. The molecule has 1 amide bonds. The molecular formula is C21H25ClN2O4S. The monoisotopic (exact) mass is 436 g/mol. The summed E-state index contributed by atoms with van der Waals surface area (Å²) in [5, 5.41) is 3.42. The molecule has 2 aromatic rings. The van der Waals surface area contributed by atoms with Crippen LogP contribution in [0.25, 0.3) is 0 Å². The largest absolute Gasteiger partial charge is 0.487 e. The first-order valence-electron chi connectivity index (χ1n) is 9.28. The van der Waals surface area contributed by atoms with Crippen LogP contribution in [0, 0.1) is 6.92 Å². The Morgan fingerprint density at radius 2 is 1.93 bits per heavy atom. The lowest BCUT2D eigenvalue weighted by Crippen LogP contribution is -2.45. The fourth-order valence-electron chi connectivity index (χ4n) is 3.55. The van der Waals surface area contributed by atoms with Gasteiger partial charge < -0.3 is 10.1 Å². The summed E-state index contributed by atoms with van der Waals surface area (Å²) in [5.74, 6) is 0.326. The van der Waals surface area contributed by atoms with E-state index >= 15 is 0 Å². The van der Waals surface area contributed by atoms with E-state index in [2.05, 4.69) is 5.32 Å². The number of nitrogens with one attached hydrogen (secondary N) is 1. The van der Waals surface area contributed by atoms with Gasteiger partial charge in [-0.1, -0.05) is 35.9 Å². The van der Waals surface area contributed by atoms with E-state index in [0.29, 0.717) is 22.7 Å². The van der Waals surface area contributed by atoms with Crippen LogP contribution in [0.15, 0.2) is 42.5 Å². The van der Waals surface area contributed by atoms with Crippen molar-refractivity contribution in [2.24, 2.45) is 0 Å². The summed E-state index contributed by atoms with van der Waals surface area (Å²) in [6, 6.07) is 12.3. The maximum absolute atomic E-state index is 12.9. The van der Waals surface area contributed by atoms with Gasteiger partial charge in [0.1, 0.15) is 17.9 Å². The van der Waals surface area contributed by atoms with Crippen molar-refractivity contribution >= 4 is 33.2 Å². The van der Waals surface area contributed by atoms with Gasteiger partial charge in [0.05, 0.1) is 18.0 Å². The van der Waals surface area contributed by atoms with E-state index in [0.717, 1.165) is 21.9 Å². The van der Waals surface area contributed by atoms with Gasteiger partial charge in [-0.15, -0.1) is 0 Å². The Labute approximate surface area is 176 Å². The highest BCUT2D eigenvalue weighted by atomic mass is 35.5. The van der Waals surface area contributed by atoms with E-state index in [4.69, 9.17) is 16.3 Å². The van der Waals surface area contributed by atoms with Crippen molar-refractivity contribution in [3.05, 3.63) is 58.6 Å². The number of nitrogens with zero attached hydrogens (tertiary/aromatic N) is 1. The summed E-state index contributed by atoms with van der Waals surface area (Å²) in [5.41, 5.74) is 1.42. The first-order valence-corrected chi connectivity index (χ1v) is 11.5. The molecule has 1 aliphatic heterocycles. The third-order valence-corrected chi connectivity index (χ3v) is 6.44. The van der Waals surface area contributed by atoms with E-state index in [1.54, 1.807) is 25.1 Å². The molecule has 0 bridgehead atoms. The average molecular weight is 437 g/mol. The minimum absolute atomic E-state index is 0.274. The number of carbonyl (C=O) groups excluding carboxylic acids is 1. The second-order valence-corrected chi connectivity index (χ2v) is 10.2. The summed E-state index contributed by atoms with van der Waals surface area (Å²) >= 11 is 6.15. The highest BCUT2D eigenvalue weighted by Gasteiger charge is 2.35. The van der Waals surface area contributed by atoms with Crippen LogP contribution >= 0.6 is 11.6 Å². The van der Waals surface area contributed by atoms with Crippen LogP contribution < -0.4 is 14.4 Å². The summed E-state index contributed by atoms with van der Waals surface area (Å²) in [7, 11) is -3.69. The Morgan fingerprint density at radius 3 is 2.62 bits per heavy atom. The van der Waals surface area contributed by atoms with Gasteiger partial charge in [0.2, 0.25) is 15.9 Å². The van der Waals surface area contributed by atoms with E-state index in [1.807, 2.05) is 38.1 Å². The number of rotatable bonds is 5. The standard InChI is InChI=1S/C21H25ClN2O4S/c1-14-16(22)9-7-10-18(14)24(29(4,26)27)13-20(25)23-17-12-21(2,3)28-19-11-6-5-8-15(17)19/h5-11,17H,12-13H2,1-4H3,(H,23,25)/t17-/m0/s1. The topological polar surface area (TPSA) is 75.7 Å². The quantitative estimate of drug-likeness (QED) is 0.772. The molecular weight excluding hydrogens is 412 g/mol. The first-order chi connectivity index (χ1) is 13.5. The molecule has 2 aromatic carbocycles. The molecule has 0 fully saturated rings. The molecule has 156 valence electrons. The van der Waals surface area contributed by atoms with Crippen LogP contribution in [0.4, 0.5) is 5.69 Å². The molecule has 0 aromatic heterocycles. The van der Waals surface area contributed by atoms with Crippen LogP contribution in [0.5, 0.6) is 5.75 Å². The van der Waals surface area contributed by atoms with Crippen molar-refractivity contribution in [2.45, 2.75) is 38.8 Å². The number of fused-ring (bicyclic) bond motifs is 1. The van der Waals surface area contributed by atoms with Crippen molar-refractivity contribution < 1.29 is 17.9 Å². The number of ether oxygens (including phenoxy) is 1. The minimum atomic E-state index is -3.69. The van der Waals surface area contributed by atoms with Gasteiger partial charge in [-0.2, -0.15) is 0 Å². The molecule has 1 N–H and O–H groups in total. The zero-order chi connectivity index (χ0) is 21.4. The van der Waals surface area contributed by atoms with E-state index < -0.39 is 21.5 Å². The zero-order valence-corrected chi connectivity index (χ0v) is 18.5. The number of carbonyl (C=O) groups is 1. The van der Waals surface area contributed by atoms with Crippen molar-refractivity contribution in [2.75, 3.05) is 17.1 Å². The second kappa shape index (κ2) is 7.88. The minimum Gasteiger partial charge on any atom is -0.487 e. The van der Waals surface area contributed by atoms with Gasteiger partial charge in [0.25, 0.3) is 0 Å². The van der Waals surface area contributed by atoms with Gasteiger partial charge in [-0.25, -0.2) is 8.42 Å². The van der Waals surface area contributed by atoms with Crippen LogP contribution in [0.2, 0.25) is 5.02 Å². The Hall–Kier alpha value is -2.25. The second-order valence-electron chi connectivity index (χ2n) is 7.88. The summed E-state index contributed by atoms with van der Waals surface area (Å²) in [6.45, 7) is 5.31. The molecule has 0 unspecified atom stereocenters. The van der Waals surface area contributed by atoms with Crippen molar-refractivity contribution in [3.8, 4) is 5.75 Å². The molecule has 8 heteroatoms. The lowest BCUT2D eigenvalue weighted by atomic mass is 9.89. The number of anilines is 1. The van der Waals surface area contributed by atoms with Crippen LogP contribution in [0.1, 0.15) is 37.4 Å². The average Bonchev–Trinajstić information content (AvgIpc) is 2.60. The normalized spacial score (nSPS) is 17.8. The fraction of sp³-hybridized carbons (Fsp3) is 0.381. The van der Waals surface area contributed by atoms with Gasteiger partial charge in [0, 0.05) is 17.0 Å². The molecule has 3 rings (SSSR count). The number of halogens is 1. The van der Waals surface area contributed by atoms with Gasteiger partial charge in [0.15, 0.2) is 0 Å². The Kier molecular flexibility index (Phi) is 5.83. The molecule has 0 aliphatic carbocycles. The van der Waals surface area contributed by atoms with Crippen molar-refractivity contribution in [3.63, 3.8) is 0 Å². The molecule has 29 heavy (non-hydrogen) atoms. The Bertz CT molecular complexity index is 1040. The van der Waals surface area contributed by atoms with Crippen molar-refractivity contribution in [1.29, 1.82) is 0 Å². The predicted octanol–water partition coefficient (Wildman–Crippen LogP) is 3.83. The molecule has 6 nitrogen and oxygen atoms in total. The third-order valence-electron chi connectivity index (χ3n) is 4.91. The number of benzene rings is 2. The number of hydrogen-bond acceptors (Lipinski definition) is 4. The first kappa shape index (κ1) is 21.5. The van der Waals surface area contributed by atoms with Crippen LogP contribution in [-0.4, -0.2) is 32.7 Å². The highest BCUT2D eigenvalue weighted by molar-refractivity contribution is 7.92. The molecule has 1 heterocycles. The predicted molar refractivity (Wildman–Crippen MR) is 115 cm³/mol. The molecule has 1 aliphatic rings. The lowest BCUT2D eigenvalue weighted by molar-refractivity contribution is -0.120. The molecule has 0 spiro atoms. The summed E-state index contributed by atoms with van der Waals surface area (Å²) in [4.78, 5) is 12.9. The molecule has 1 atom stereocenters. The number of hydrogen-bond donors (Lipinski definition) is 1. The fourth-order valence-corrected chi connectivity index (χ4v) is 4.63. The van der Waals surface area contributed by atoms with Crippen LogP contribution in [-0.2, 0) is 14.8 Å². The Balaban J connectivity index is 1.86. The maximum Gasteiger partial charge on any atom is 0.241 e. The van der Waals surface area contributed by atoms with Crippen LogP contribution in [0.3, 0.4) is 0 Å². The number of sulfonamides is 1. The van der Waals surface area contributed by atoms with E-state index in [-0.39, 0.29) is 12.6 Å².